The van der Waals surface area contributed by atoms with E-state index in [1.807, 2.05) is 40.2 Å². The zero-order chi connectivity index (χ0) is 11.1. The first-order valence-corrected chi connectivity index (χ1v) is 5.84. The van der Waals surface area contributed by atoms with E-state index in [0.29, 0.717) is 5.92 Å². The Hall–Kier alpha value is -0.720. The second kappa shape index (κ2) is 6.69. The van der Waals surface area contributed by atoms with E-state index in [-0.39, 0.29) is 0 Å². The van der Waals surface area contributed by atoms with Crippen molar-refractivity contribution in [2.75, 3.05) is 0 Å². The Morgan fingerprint density at radius 1 is 1.07 bits per heavy atom. The molecule has 0 fully saturated rings. The minimum atomic E-state index is 0.703. The van der Waals surface area contributed by atoms with Gasteiger partial charge in [-0.15, -0.1) is 0 Å². The molecule has 1 nitrogen and oxygen atoms in total. The lowest BCUT2D eigenvalue weighted by Gasteiger charge is -2.07. The molecule has 2 unspecified atom stereocenters. The van der Waals surface area contributed by atoms with Gasteiger partial charge in [0.05, 0.1) is 12.5 Å². The first-order chi connectivity index (χ1) is 6.79. The minimum Gasteiger partial charge on any atom is -0.472 e. The Labute approximate surface area is 88.5 Å². The summed E-state index contributed by atoms with van der Waals surface area (Å²) in [5.41, 5.74) is 2.84. The van der Waals surface area contributed by atoms with E-state index in [4.69, 9.17) is 4.42 Å². The molecule has 0 aromatic carbocycles. The summed E-state index contributed by atoms with van der Waals surface area (Å²) < 4.78 is 5.11. The summed E-state index contributed by atoms with van der Waals surface area (Å²) in [7, 11) is 0. The first-order valence-electron chi connectivity index (χ1n) is 5.84. The van der Waals surface area contributed by atoms with Crippen molar-refractivity contribution in [1.29, 1.82) is 0 Å². The molecular weight excluding hydrogens is 172 g/mol. The Kier molecular flexibility index (Phi) is 6.35. The van der Waals surface area contributed by atoms with E-state index in [0.717, 1.165) is 5.92 Å². The van der Waals surface area contributed by atoms with Crippen molar-refractivity contribution in [3.63, 3.8) is 0 Å². The average molecular weight is 196 g/mol. The van der Waals surface area contributed by atoms with Crippen molar-refractivity contribution in [2.24, 2.45) is 5.92 Å². The van der Waals surface area contributed by atoms with E-state index < -0.39 is 0 Å². The van der Waals surface area contributed by atoms with Gasteiger partial charge in [0.1, 0.15) is 0 Å². The smallest absolute Gasteiger partial charge is 0.0940 e. The van der Waals surface area contributed by atoms with Gasteiger partial charge in [0.25, 0.3) is 0 Å². The molecule has 82 valence electrons. The monoisotopic (exact) mass is 196 g/mol. The third-order valence-corrected chi connectivity index (χ3v) is 2.66. The van der Waals surface area contributed by atoms with Crippen molar-refractivity contribution in [2.45, 2.75) is 53.9 Å². The lowest BCUT2D eigenvalue weighted by atomic mass is 9.98. The summed E-state index contributed by atoms with van der Waals surface area (Å²) in [5.74, 6) is 1.51. The third kappa shape index (κ3) is 2.63. The molecule has 0 bridgehead atoms. The topological polar surface area (TPSA) is 13.1 Å². The van der Waals surface area contributed by atoms with Gasteiger partial charge in [-0.1, -0.05) is 41.5 Å². The van der Waals surface area contributed by atoms with Crippen LogP contribution in [-0.2, 0) is 6.42 Å². The molecule has 0 N–H and O–H groups in total. The lowest BCUT2D eigenvalue weighted by molar-refractivity contribution is 0.495. The Morgan fingerprint density at radius 2 is 1.64 bits per heavy atom. The van der Waals surface area contributed by atoms with Crippen LogP contribution >= 0.6 is 0 Å². The third-order valence-electron chi connectivity index (χ3n) is 2.66. The second-order valence-corrected chi connectivity index (χ2v) is 3.32. The van der Waals surface area contributed by atoms with Gasteiger partial charge in [-0.25, -0.2) is 0 Å². The van der Waals surface area contributed by atoms with E-state index in [1.165, 1.54) is 17.5 Å². The number of rotatable bonds is 0. The van der Waals surface area contributed by atoms with Gasteiger partial charge in [-0.05, 0) is 29.4 Å². The summed E-state index contributed by atoms with van der Waals surface area (Å²) in [6.07, 6.45) is 4.98. The largest absolute Gasteiger partial charge is 0.472 e. The zero-order valence-electron chi connectivity index (χ0n) is 10.4. The minimum absolute atomic E-state index is 0.703. The van der Waals surface area contributed by atoms with Crippen molar-refractivity contribution in [1.82, 2.24) is 0 Å². The SMILES string of the molecule is CC.CC.CC1Cc2cocc2C1C. The number of furan rings is 1. The van der Waals surface area contributed by atoms with Gasteiger partial charge in [-0.3, -0.25) is 0 Å². The normalized spacial score (nSPS) is 22.7. The maximum absolute atomic E-state index is 5.11. The average Bonchev–Trinajstić information content (AvgIpc) is 2.79. The summed E-state index contributed by atoms with van der Waals surface area (Å²) in [5, 5.41) is 0. The summed E-state index contributed by atoms with van der Waals surface area (Å²) in [6.45, 7) is 12.6. The summed E-state index contributed by atoms with van der Waals surface area (Å²) in [4.78, 5) is 0. The molecule has 1 aromatic rings. The highest BCUT2D eigenvalue weighted by Gasteiger charge is 2.26. The fraction of sp³-hybridized carbons (Fsp3) is 0.692. The van der Waals surface area contributed by atoms with Crippen molar-refractivity contribution in [3.05, 3.63) is 23.7 Å². The van der Waals surface area contributed by atoms with Gasteiger partial charge >= 0.3 is 0 Å². The van der Waals surface area contributed by atoms with Crippen LogP contribution < -0.4 is 0 Å². The molecule has 1 aromatic heterocycles. The molecule has 2 rings (SSSR count). The number of fused-ring (bicyclic) bond motifs is 1. The standard InChI is InChI=1S/C9H12O.2C2H6/c1-6-3-8-4-10-5-9(8)7(6)2;2*1-2/h4-7H,3H2,1-2H3;2*1-2H3. The van der Waals surface area contributed by atoms with Crippen LogP contribution in [0, 0.1) is 5.92 Å². The Balaban J connectivity index is 0.000000379. The van der Waals surface area contributed by atoms with Crippen LogP contribution in [0.1, 0.15) is 58.6 Å². The summed E-state index contributed by atoms with van der Waals surface area (Å²) >= 11 is 0. The molecule has 0 saturated heterocycles. The number of hydrogen-bond acceptors (Lipinski definition) is 1. The van der Waals surface area contributed by atoms with Crippen LogP contribution in [0.25, 0.3) is 0 Å². The van der Waals surface area contributed by atoms with Crippen molar-refractivity contribution in [3.8, 4) is 0 Å². The molecule has 0 saturated carbocycles. The van der Waals surface area contributed by atoms with Gasteiger partial charge < -0.3 is 4.42 Å². The van der Waals surface area contributed by atoms with Gasteiger partial charge in [-0.2, -0.15) is 0 Å². The van der Waals surface area contributed by atoms with Crippen LogP contribution in [0.3, 0.4) is 0 Å². The van der Waals surface area contributed by atoms with Gasteiger partial charge in [0.2, 0.25) is 0 Å². The van der Waals surface area contributed by atoms with Crippen LogP contribution in [0.4, 0.5) is 0 Å². The van der Waals surface area contributed by atoms with Gasteiger partial charge in [0.15, 0.2) is 0 Å². The fourth-order valence-electron chi connectivity index (χ4n) is 1.73. The molecule has 0 spiro atoms. The molecular formula is C13H24O. The van der Waals surface area contributed by atoms with Crippen LogP contribution in [-0.4, -0.2) is 0 Å². The van der Waals surface area contributed by atoms with E-state index >= 15 is 0 Å². The highest BCUT2D eigenvalue weighted by Crippen LogP contribution is 2.37. The van der Waals surface area contributed by atoms with Crippen LogP contribution in [0.2, 0.25) is 0 Å². The molecule has 2 atom stereocenters. The predicted molar refractivity (Wildman–Crippen MR) is 62.7 cm³/mol. The molecule has 14 heavy (non-hydrogen) atoms. The molecule has 0 aliphatic heterocycles. The molecule has 1 heteroatoms. The Bertz CT molecular complexity index is 237. The molecule has 1 aliphatic carbocycles. The molecule has 1 heterocycles. The first kappa shape index (κ1) is 13.3. The highest BCUT2D eigenvalue weighted by molar-refractivity contribution is 5.30. The van der Waals surface area contributed by atoms with Gasteiger partial charge in [0, 0.05) is 0 Å². The zero-order valence-corrected chi connectivity index (χ0v) is 10.4. The van der Waals surface area contributed by atoms with Crippen LogP contribution in [0.15, 0.2) is 16.9 Å². The predicted octanol–water partition coefficient (Wildman–Crippen LogP) is 4.63. The van der Waals surface area contributed by atoms with Crippen molar-refractivity contribution >= 4 is 0 Å². The number of hydrogen-bond donors (Lipinski definition) is 0. The van der Waals surface area contributed by atoms with E-state index in [2.05, 4.69) is 13.8 Å². The quantitative estimate of drug-likeness (QED) is 0.589. The van der Waals surface area contributed by atoms with Crippen molar-refractivity contribution < 1.29 is 4.42 Å². The van der Waals surface area contributed by atoms with E-state index in [9.17, 15) is 0 Å². The maximum Gasteiger partial charge on any atom is 0.0940 e. The van der Waals surface area contributed by atoms with E-state index in [1.54, 1.807) is 0 Å². The molecule has 1 aliphatic rings. The second-order valence-electron chi connectivity index (χ2n) is 3.32. The maximum atomic E-state index is 5.11. The molecule has 0 amide bonds. The lowest BCUT2D eigenvalue weighted by Crippen LogP contribution is -1.97. The summed E-state index contributed by atoms with van der Waals surface area (Å²) in [6, 6.07) is 0. The molecule has 0 radical (unpaired) electrons. The van der Waals surface area contributed by atoms with Crippen LogP contribution in [0.5, 0.6) is 0 Å². The highest BCUT2D eigenvalue weighted by atomic mass is 16.3. The Morgan fingerprint density at radius 3 is 2.14 bits per heavy atom. The fourth-order valence-corrected chi connectivity index (χ4v) is 1.73.